The van der Waals surface area contributed by atoms with E-state index in [-0.39, 0.29) is 10.1 Å². The van der Waals surface area contributed by atoms with Crippen LogP contribution in [0.3, 0.4) is 0 Å². The highest BCUT2D eigenvalue weighted by Gasteiger charge is 2.42. The number of rotatable bonds is 1. The Labute approximate surface area is 92.6 Å². The number of halogens is 2. The van der Waals surface area contributed by atoms with Crippen LogP contribution in [0.1, 0.15) is 10.8 Å². The van der Waals surface area contributed by atoms with Gasteiger partial charge in [0.25, 0.3) is 0 Å². The third-order valence-corrected chi connectivity index (χ3v) is 4.72. The first-order valence-corrected chi connectivity index (χ1v) is 5.81. The predicted molar refractivity (Wildman–Crippen MR) is 60.6 cm³/mol. The Balaban J connectivity index is 2.26. The van der Waals surface area contributed by atoms with Gasteiger partial charge in [0.15, 0.2) is 0 Å². The monoisotopic (exact) mass is 231 g/mol. The smallest absolute Gasteiger partial charge is 0.0696 e. The number of hydrogen-bond acceptors (Lipinski definition) is 1. The van der Waals surface area contributed by atoms with Crippen molar-refractivity contribution in [2.24, 2.45) is 0 Å². The largest absolute Gasteiger partial charge is 0.150 e. The van der Waals surface area contributed by atoms with Crippen molar-refractivity contribution in [1.29, 1.82) is 0 Å². The van der Waals surface area contributed by atoms with Crippen LogP contribution >= 0.6 is 35.0 Å². The van der Waals surface area contributed by atoms with Crippen molar-refractivity contribution in [2.45, 2.75) is 10.1 Å². The standard InChI is InChI=1S/C10H9Cl2S/c1-10(12)6-13-9(10)7-3-2-4-8(11)5-7/h2-5,9H,1,6H2. The van der Waals surface area contributed by atoms with E-state index in [1.54, 1.807) is 0 Å². The summed E-state index contributed by atoms with van der Waals surface area (Å²) in [5, 5.41) is 1.05. The molecule has 1 fully saturated rings. The molecule has 13 heavy (non-hydrogen) atoms. The molecule has 0 spiro atoms. The number of benzene rings is 1. The van der Waals surface area contributed by atoms with E-state index in [4.69, 9.17) is 23.2 Å². The summed E-state index contributed by atoms with van der Waals surface area (Å²) in [6, 6.07) is 7.82. The van der Waals surface area contributed by atoms with Crippen LogP contribution < -0.4 is 0 Å². The lowest BCUT2D eigenvalue weighted by Gasteiger charge is -2.41. The summed E-state index contributed by atoms with van der Waals surface area (Å²) in [6.07, 6.45) is 0. The van der Waals surface area contributed by atoms with Gasteiger partial charge in [0.1, 0.15) is 0 Å². The van der Waals surface area contributed by atoms with Gasteiger partial charge < -0.3 is 0 Å². The van der Waals surface area contributed by atoms with Crippen molar-refractivity contribution in [3.8, 4) is 0 Å². The van der Waals surface area contributed by atoms with E-state index < -0.39 is 0 Å². The van der Waals surface area contributed by atoms with Gasteiger partial charge in [0.2, 0.25) is 0 Å². The lowest BCUT2D eigenvalue weighted by molar-refractivity contribution is 0.707. The van der Waals surface area contributed by atoms with Gasteiger partial charge >= 0.3 is 0 Å². The van der Waals surface area contributed by atoms with Crippen LogP contribution in [-0.2, 0) is 0 Å². The molecule has 1 aliphatic rings. The Hall–Kier alpha value is 0.150. The van der Waals surface area contributed by atoms with Crippen LogP contribution in [0.2, 0.25) is 5.02 Å². The van der Waals surface area contributed by atoms with Crippen LogP contribution in [0.15, 0.2) is 24.3 Å². The molecule has 2 atom stereocenters. The van der Waals surface area contributed by atoms with Gasteiger partial charge in [-0.15, -0.1) is 11.6 Å². The fraction of sp³-hybridized carbons (Fsp3) is 0.300. The Morgan fingerprint density at radius 2 is 2.31 bits per heavy atom. The summed E-state index contributed by atoms with van der Waals surface area (Å²) < 4.78 is 0. The molecular formula is C10H9Cl2S. The molecule has 1 aromatic rings. The van der Waals surface area contributed by atoms with Crippen molar-refractivity contribution in [3.63, 3.8) is 0 Å². The van der Waals surface area contributed by atoms with Crippen LogP contribution in [0.4, 0.5) is 0 Å². The number of hydrogen-bond donors (Lipinski definition) is 0. The molecule has 1 radical (unpaired) electrons. The average molecular weight is 232 g/mol. The third kappa shape index (κ3) is 1.83. The van der Waals surface area contributed by atoms with Crippen molar-refractivity contribution in [2.75, 3.05) is 5.75 Å². The van der Waals surface area contributed by atoms with Gasteiger partial charge in [-0.25, -0.2) is 0 Å². The summed E-state index contributed by atoms with van der Waals surface area (Å²) in [7, 11) is 0. The molecule has 3 heteroatoms. The molecule has 0 nitrogen and oxygen atoms in total. The fourth-order valence-corrected chi connectivity index (χ4v) is 3.15. The average Bonchev–Trinajstić information content (AvgIpc) is 2.02. The van der Waals surface area contributed by atoms with Gasteiger partial charge in [-0.05, 0) is 24.6 Å². The maximum atomic E-state index is 6.18. The molecule has 1 aliphatic heterocycles. The van der Waals surface area contributed by atoms with Gasteiger partial charge in [-0.2, -0.15) is 11.8 Å². The number of thioether (sulfide) groups is 1. The summed E-state index contributed by atoms with van der Waals surface area (Å²) in [4.78, 5) is -0.338. The van der Waals surface area contributed by atoms with Crippen LogP contribution in [0.5, 0.6) is 0 Å². The zero-order chi connectivity index (χ0) is 9.47. The summed E-state index contributed by atoms with van der Waals surface area (Å²) in [6.45, 7) is 3.96. The Bertz CT molecular complexity index is 322. The molecule has 1 aromatic carbocycles. The van der Waals surface area contributed by atoms with E-state index in [0.29, 0.717) is 0 Å². The summed E-state index contributed by atoms with van der Waals surface area (Å²) in [5.74, 6) is 0.908. The van der Waals surface area contributed by atoms with Crippen LogP contribution in [-0.4, -0.2) is 10.6 Å². The quantitative estimate of drug-likeness (QED) is 0.661. The van der Waals surface area contributed by atoms with E-state index >= 15 is 0 Å². The molecule has 0 aromatic heterocycles. The van der Waals surface area contributed by atoms with Crippen molar-refractivity contribution in [1.82, 2.24) is 0 Å². The maximum absolute atomic E-state index is 6.18. The second-order valence-corrected chi connectivity index (χ2v) is 5.56. The molecule has 1 saturated heterocycles. The van der Waals surface area contributed by atoms with Gasteiger partial charge in [-0.3, -0.25) is 0 Å². The Kier molecular flexibility index (Phi) is 2.52. The first-order valence-electron chi connectivity index (χ1n) is 4.01. The molecule has 0 bridgehead atoms. The molecule has 1 heterocycles. The molecule has 2 unspecified atom stereocenters. The molecule has 0 N–H and O–H groups in total. The molecule has 0 saturated carbocycles. The Morgan fingerprint density at radius 3 is 2.77 bits per heavy atom. The van der Waals surface area contributed by atoms with E-state index in [1.165, 1.54) is 5.56 Å². The van der Waals surface area contributed by atoms with Crippen molar-refractivity contribution >= 4 is 35.0 Å². The topological polar surface area (TPSA) is 0 Å². The molecule has 2 rings (SSSR count). The zero-order valence-corrected chi connectivity index (χ0v) is 9.29. The lowest BCUT2D eigenvalue weighted by Crippen LogP contribution is -2.37. The minimum Gasteiger partial charge on any atom is -0.150 e. The van der Waals surface area contributed by atoms with Crippen LogP contribution in [0.25, 0.3) is 0 Å². The molecular weight excluding hydrogens is 223 g/mol. The van der Waals surface area contributed by atoms with E-state index in [2.05, 4.69) is 6.92 Å². The summed E-state index contributed by atoms with van der Waals surface area (Å²) in [5.41, 5.74) is 1.17. The van der Waals surface area contributed by atoms with E-state index in [1.807, 2.05) is 36.0 Å². The second-order valence-electron chi connectivity index (χ2n) is 3.28. The highest BCUT2D eigenvalue weighted by molar-refractivity contribution is 8.01. The highest BCUT2D eigenvalue weighted by Crippen LogP contribution is 2.53. The third-order valence-electron chi connectivity index (χ3n) is 2.11. The van der Waals surface area contributed by atoms with Gasteiger partial charge in [0, 0.05) is 16.0 Å². The van der Waals surface area contributed by atoms with Gasteiger partial charge in [0.05, 0.1) is 4.87 Å². The zero-order valence-electron chi connectivity index (χ0n) is 6.97. The van der Waals surface area contributed by atoms with Crippen molar-refractivity contribution in [3.05, 3.63) is 41.8 Å². The van der Waals surface area contributed by atoms with Gasteiger partial charge in [-0.1, -0.05) is 23.7 Å². The predicted octanol–water partition coefficient (Wildman–Crippen LogP) is 3.94. The van der Waals surface area contributed by atoms with E-state index in [0.717, 1.165) is 10.8 Å². The molecule has 0 amide bonds. The molecule has 0 aliphatic carbocycles. The first kappa shape index (κ1) is 9.70. The SMILES string of the molecule is [CH2]C1(Cl)CSC1c1cccc(Cl)c1. The minimum absolute atomic E-state index is 0.285. The highest BCUT2D eigenvalue weighted by atomic mass is 35.5. The fourth-order valence-electron chi connectivity index (χ4n) is 1.41. The number of alkyl halides is 1. The van der Waals surface area contributed by atoms with E-state index in [9.17, 15) is 0 Å². The van der Waals surface area contributed by atoms with Crippen molar-refractivity contribution < 1.29 is 0 Å². The summed E-state index contributed by atoms with van der Waals surface area (Å²) >= 11 is 13.9. The van der Waals surface area contributed by atoms with Crippen LogP contribution in [0, 0.1) is 6.92 Å². The molecule has 69 valence electrons. The normalized spacial score (nSPS) is 32.7. The minimum atomic E-state index is -0.338. The lowest BCUT2D eigenvalue weighted by atomic mass is 10.00. The first-order chi connectivity index (χ1) is 6.09. The maximum Gasteiger partial charge on any atom is 0.0696 e. The Morgan fingerprint density at radius 1 is 1.54 bits per heavy atom. The second kappa shape index (κ2) is 3.38.